The van der Waals surface area contributed by atoms with E-state index < -0.39 is 0 Å². The van der Waals surface area contributed by atoms with Gasteiger partial charge < -0.3 is 0 Å². The average Bonchev–Trinajstić information content (AvgIpc) is 1.37. The minimum absolute atomic E-state index is 1.91. The van der Waals surface area contributed by atoms with Crippen LogP contribution in [0.5, 0.6) is 0 Å². The molecule has 0 aromatic rings. The van der Waals surface area contributed by atoms with Gasteiger partial charge in [0.25, 0.3) is 0 Å². The van der Waals surface area contributed by atoms with Crippen molar-refractivity contribution >= 4 is 18.9 Å². The average molecular weight is 98.0 g/mol. The summed E-state index contributed by atoms with van der Waals surface area (Å²) in [5, 5.41) is 0. The zero-order valence-corrected chi connectivity index (χ0v) is 4.28. The molecular weight excluding hydrogens is 93.9 g/mol. The van der Waals surface area contributed by atoms with Gasteiger partial charge in [-0.15, -0.1) is 0 Å². The smallest absolute Gasteiger partial charge is 0.0424 e. The summed E-state index contributed by atoms with van der Waals surface area (Å²) in [6.07, 6.45) is 0. The van der Waals surface area contributed by atoms with Crippen molar-refractivity contribution in [2.45, 2.75) is 0 Å². The highest BCUT2D eigenvalue weighted by molar-refractivity contribution is 7.12. The molecule has 0 amide bonds. The molecule has 0 aromatic heterocycles. The molecule has 26 valence electrons. The number of rotatable bonds is 1. The standard InChI is InChI=1S/H4O2P2/c3-1-2-4/h3-4H2. The highest BCUT2D eigenvalue weighted by Crippen LogP contribution is 1.90. The molecule has 0 aliphatic rings. The molecular formula is H4O2P2. The predicted octanol–water partition coefficient (Wildman–Crippen LogP) is 0.515. The fraction of sp³-hybridized carbons (Fsp3) is 0. The first-order valence-electron chi connectivity index (χ1n) is 0.638. The molecule has 0 fully saturated rings. The van der Waals surface area contributed by atoms with E-state index in [1.54, 1.807) is 0 Å². The second kappa shape index (κ2) is 3.78. The molecule has 0 radical (unpaired) electrons. The Morgan fingerprint density at radius 3 is 1.25 bits per heavy atom. The Bertz CT molecular complexity index is 6.00. The number of hydrogen-bond donors (Lipinski definition) is 0. The summed E-state index contributed by atoms with van der Waals surface area (Å²) < 4.78 is 7.84. The lowest BCUT2D eigenvalue weighted by molar-refractivity contribution is -0.0580. The normalized spacial score (nSPS) is 7.50. The van der Waals surface area contributed by atoms with Gasteiger partial charge in [-0.2, -0.15) is 0 Å². The van der Waals surface area contributed by atoms with Crippen LogP contribution in [0.25, 0.3) is 0 Å². The van der Waals surface area contributed by atoms with Crippen LogP contribution in [0.15, 0.2) is 0 Å². The monoisotopic (exact) mass is 98.0 g/mol. The van der Waals surface area contributed by atoms with Gasteiger partial charge in [-0.25, -0.2) is 9.35 Å². The van der Waals surface area contributed by atoms with Gasteiger partial charge >= 0.3 is 0 Å². The van der Waals surface area contributed by atoms with Crippen LogP contribution >= 0.6 is 18.9 Å². The van der Waals surface area contributed by atoms with E-state index in [0.29, 0.717) is 0 Å². The van der Waals surface area contributed by atoms with Gasteiger partial charge in [-0.3, -0.25) is 0 Å². The number of hydrogen-bond acceptors (Lipinski definition) is 2. The summed E-state index contributed by atoms with van der Waals surface area (Å²) >= 11 is 0. The van der Waals surface area contributed by atoms with Gasteiger partial charge in [-0.1, -0.05) is 0 Å². The Kier molecular flexibility index (Phi) is 4.52. The van der Waals surface area contributed by atoms with Crippen molar-refractivity contribution in [3.63, 3.8) is 0 Å². The first-order chi connectivity index (χ1) is 1.91. The Hall–Kier alpha value is 0.780. The third-order valence-electron chi connectivity index (χ3n) is 0.0556. The molecule has 0 heterocycles. The Balaban J connectivity index is 1.97. The van der Waals surface area contributed by atoms with Crippen LogP contribution in [0, 0.1) is 0 Å². The maximum atomic E-state index is 3.92. The molecule has 0 saturated heterocycles. The van der Waals surface area contributed by atoms with Crippen LogP contribution in [0.3, 0.4) is 0 Å². The summed E-state index contributed by atoms with van der Waals surface area (Å²) in [6.45, 7) is 0. The van der Waals surface area contributed by atoms with Gasteiger partial charge in [0, 0.05) is 18.9 Å². The van der Waals surface area contributed by atoms with Crippen molar-refractivity contribution < 1.29 is 9.35 Å². The van der Waals surface area contributed by atoms with E-state index in [1.165, 1.54) is 0 Å². The van der Waals surface area contributed by atoms with Crippen molar-refractivity contribution in [1.29, 1.82) is 0 Å². The lowest BCUT2D eigenvalue weighted by Gasteiger charge is -1.77. The van der Waals surface area contributed by atoms with E-state index in [2.05, 4.69) is 9.35 Å². The minimum Gasteiger partial charge on any atom is -0.219 e. The zero-order valence-electron chi connectivity index (χ0n) is 1.97. The Morgan fingerprint density at radius 2 is 1.25 bits per heavy atom. The van der Waals surface area contributed by atoms with Crippen molar-refractivity contribution in [2.75, 3.05) is 0 Å². The van der Waals surface area contributed by atoms with E-state index in [9.17, 15) is 0 Å². The van der Waals surface area contributed by atoms with Gasteiger partial charge in [0.05, 0.1) is 0 Å². The van der Waals surface area contributed by atoms with E-state index in [0.717, 1.165) is 0 Å². The highest BCUT2D eigenvalue weighted by Gasteiger charge is 1.48. The van der Waals surface area contributed by atoms with Gasteiger partial charge in [0.2, 0.25) is 0 Å². The topological polar surface area (TPSA) is 18.5 Å². The second-order valence-corrected chi connectivity index (χ2v) is 0.577. The van der Waals surface area contributed by atoms with Crippen molar-refractivity contribution in [3.05, 3.63) is 0 Å². The molecule has 0 saturated carbocycles. The molecule has 0 aliphatic carbocycles. The highest BCUT2D eigenvalue weighted by atomic mass is 31.0. The first-order valence-corrected chi connectivity index (χ1v) is 1.58. The van der Waals surface area contributed by atoms with E-state index in [-0.39, 0.29) is 0 Å². The molecule has 0 spiro atoms. The summed E-state index contributed by atoms with van der Waals surface area (Å²) in [6, 6.07) is 0. The van der Waals surface area contributed by atoms with Crippen molar-refractivity contribution in [3.8, 4) is 0 Å². The Morgan fingerprint density at radius 1 is 1.00 bits per heavy atom. The third-order valence-corrected chi connectivity index (χ3v) is 0.500. The van der Waals surface area contributed by atoms with E-state index in [1.807, 2.05) is 18.9 Å². The summed E-state index contributed by atoms with van der Waals surface area (Å²) in [4.78, 5) is 0. The molecule has 0 N–H and O–H groups in total. The lowest BCUT2D eigenvalue weighted by atomic mass is 14.9. The van der Waals surface area contributed by atoms with Crippen molar-refractivity contribution in [1.82, 2.24) is 0 Å². The van der Waals surface area contributed by atoms with E-state index in [4.69, 9.17) is 0 Å². The van der Waals surface area contributed by atoms with Gasteiger partial charge in [0.1, 0.15) is 0 Å². The fourth-order valence-electron chi connectivity index (χ4n) is 0. The maximum absolute atomic E-state index is 3.92. The minimum atomic E-state index is 1.91. The van der Waals surface area contributed by atoms with E-state index >= 15 is 0 Å². The molecule has 0 rings (SSSR count). The molecule has 0 bridgehead atoms. The molecule has 0 aromatic carbocycles. The van der Waals surface area contributed by atoms with Crippen LogP contribution in [0.2, 0.25) is 0 Å². The molecule has 4 heteroatoms. The summed E-state index contributed by atoms with van der Waals surface area (Å²) in [7, 11) is 3.82. The fourth-order valence-corrected chi connectivity index (χ4v) is 0. The van der Waals surface area contributed by atoms with Crippen molar-refractivity contribution in [2.24, 2.45) is 0 Å². The molecule has 2 atom stereocenters. The molecule has 4 heavy (non-hydrogen) atoms. The van der Waals surface area contributed by atoms with Crippen LogP contribution in [-0.2, 0) is 9.35 Å². The summed E-state index contributed by atoms with van der Waals surface area (Å²) in [5.41, 5.74) is 0. The molecule has 0 aliphatic heterocycles. The largest absolute Gasteiger partial charge is 0.219 e. The molecule has 2 unspecified atom stereocenters. The quantitative estimate of drug-likeness (QED) is 0.270. The van der Waals surface area contributed by atoms with Gasteiger partial charge in [0.15, 0.2) is 0 Å². The third kappa shape index (κ3) is 2.78. The molecule has 2 nitrogen and oxygen atoms in total. The maximum Gasteiger partial charge on any atom is 0.0424 e. The zero-order chi connectivity index (χ0) is 3.41. The van der Waals surface area contributed by atoms with Crippen LogP contribution < -0.4 is 0 Å². The lowest BCUT2D eigenvalue weighted by Crippen LogP contribution is -1.49. The SMILES string of the molecule is POOP. The Labute approximate surface area is 29.4 Å². The predicted molar refractivity (Wildman–Crippen MR) is 21.6 cm³/mol. The van der Waals surface area contributed by atoms with Gasteiger partial charge in [-0.05, 0) is 0 Å². The first kappa shape index (κ1) is 4.78. The van der Waals surface area contributed by atoms with Crippen LogP contribution in [0.1, 0.15) is 0 Å². The van der Waals surface area contributed by atoms with Crippen LogP contribution in [0.4, 0.5) is 0 Å². The summed E-state index contributed by atoms with van der Waals surface area (Å²) in [5.74, 6) is 0. The second-order valence-electron chi connectivity index (χ2n) is 0.192. The van der Waals surface area contributed by atoms with Crippen LogP contribution in [-0.4, -0.2) is 0 Å².